The van der Waals surface area contributed by atoms with Gasteiger partial charge in [-0.15, -0.1) is 0 Å². The Labute approximate surface area is 121 Å². The number of morpholine rings is 1. The topological polar surface area (TPSA) is 76.8 Å². The maximum Gasteiger partial charge on any atom is 0.302 e. The van der Waals surface area contributed by atoms with E-state index in [1.54, 1.807) is 7.11 Å². The van der Waals surface area contributed by atoms with Crippen LogP contribution in [0.15, 0.2) is 16.5 Å². The highest BCUT2D eigenvalue weighted by Crippen LogP contribution is 2.35. The molecule has 0 atom stereocenters. The molecule has 1 fully saturated rings. The molecule has 1 N–H and O–H groups in total. The standard InChI is InChI=1S/C14H17N3O4/c1-9(18)15-14-16-12-11(19-2)4-3-10(13(12)21-14)17-5-7-20-8-6-17/h3-4H,5-8H2,1-2H3,(H,15,16,18). The fraction of sp³-hybridized carbons (Fsp3) is 0.429. The predicted octanol–water partition coefficient (Wildman–Crippen LogP) is 1.63. The summed E-state index contributed by atoms with van der Waals surface area (Å²) in [5.41, 5.74) is 2.14. The Morgan fingerprint density at radius 3 is 2.81 bits per heavy atom. The Morgan fingerprint density at radius 2 is 2.14 bits per heavy atom. The van der Waals surface area contributed by atoms with Crippen molar-refractivity contribution >= 4 is 28.7 Å². The van der Waals surface area contributed by atoms with Crippen molar-refractivity contribution in [3.63, 3.8) is 0 Å². The minimum absolute atomic E-state index is 0.177. The Kier molecular flexibility index (Phi) is 3.66. The van der Waals surface area contributed by atoms with Crippen LogP contribution >= 0.6 is 0 Å². The summed E-state index contributed by atoms with van der Waals surface area (Å²) in [5, 5.41) is 2.56. The first-order valence-electron chi connectivity index (χ1n) is 6.77. The van der Waals surface area contributed by atoms with Crippen LogP contribution in [0.1, 0.15) is 6.92 Å². The average molecular weight is 291 g/mol. The van der Waals surface area contributed by atoms with E-state index in [4.69, 9.17) is 13.9 Å². The summed E-state index contributed by atoms with van der Waals surface area (Å²) < 4.78 is 16.4. The molecule has 1 aliphatic rings. The molecule has 1 aromatic carbocycles. The molecule has 0 aliphatic carbocycles. The molecule has 1 saturated heterocycles. The molecule has 3 rings (SSSR count). The van der Waals surface area contributed by atoms with Gasteiger partial charge in [0, 0.05) is 20.0 Å². The lowest BCUT2D eigenvalue weighted by atomic mass is 10.2. The molecular weight excluding hydrogens is 274 g/mol. The maximum absolute atomic E-state index is 11.2. The number of fused-ring (bicyclic) bond motifs is 1. The maximum atomic E-state index is 11.2. The third kappa shape index (κ3) is 2.64. The monoisotopic (exact) mass is 291 g/mol. The predicted molar refractivity (Wildman–Crippen MR) is 77.9 cm³/mol. The number of hydrogen-bond donors (Lipinski definition) is 1. The molecule has 0 bridgehead atoms. The molecule has 112 valence electrons. The van der Waals surface area contributed by atoms with Gasteiger partial charge >= 0.3 is 6.01 Å². The molecule has 0 unspecified atom stereocenters. The van der Waals surface area contributed by atoms with Crippen LogP contribution in [0.25, 0.3) is 11.1 Å². The number of hydrogen-bond acceptors (Lipinski definition) is 6. The van der Waals surface area contributed by atoms with E-state index in [1.807, 2.05) is 12.1 Å². The fourth-order valence-electron chi connectivity index (χ4n) is 2.39. The summed E-state index contributed by atoms with van der Waals surface area (Å²) in [6, 6.07) is 3.97. The normalized spacial score (nSPS) is 15.2. The van der Waals surface area contributed by atoms with Crippen molar-refractivity contribution in [2.24, 2.45) is 0 Å². The zero-order valence-electron chi connectivity index (χ0n) is 12.0. The number of ether oxygens (including phenoxy) is 2. The number of carbonyl (C=O) groups excluding carboxylic acids is 1. The summed E-state index contributed by atoms with van der Waals surface area (Å²) in [7, 11) is 1.58. The summed E-state index contributed by atoms with van der Waals surface area (Å²) in [5.74, 6) is 0.385. The number of oxazole rings is 1. The summed E-state index contributed by atoms with van der Waals surface area (Å²) in [4.78, 5) is 17.6. The van der Waals surface area contributed by atoms with Crippen LogP contribution < -0.4 is 15.0 Å². The zero-order valence-corrected chi connectivity index (χ0v) is 12.0. The minimum Gasteiger partial charge on any atom is -0.494 e. The number of rotatable bonds is 3. The van der Waals surface area contributed by atoms with Gasteiger partial charge in [-0.1, -0.05) is 0 Å². The Balaban J connectivity index is 2.07. The zero-order chi connectivity index (χ0) is 14.8. The van der Waals surface area contributed by atoms with Crippen molar-refractivity contribution in [3.05, 3.63) is 12.1 Å². The van der Waals surface area contributed by atoms with Gasteiger partial charge in [0.05, 0.1) is 26.0 Å². The molecule has 0 radical (unpaired) electrons. The smallest absolute Gasteiger partial charge is 0.302 e. The number of methoxy groups -OCH3 is 1. The third-order valence-corrected chi connectivity index (χ3v) is 3.34. The van der Waals surface area contributed by atoms with Crippen molar-refractivity contribution in [1.82, 2.24) is 4.98 Å². The number of carbonyl (C=O) groups is 1. The number of nitrogens with one attached hydrogen (secondary N) is 1. The summed E-state index contributed by atoms with van der Waals surface area (Å²) in [6.07, 6.45) is 0. The average Bonchev–Trinajstić information content (AvgIpc) is 2.89. The van der Waals surface area contributed by atoms with Crippen LogP contribution in [0.5, 0.6) is 5.75 Å². The van der Waals surface area contributed by atoms with Crippen LogP contribution in [-0.4, -0.2) is 44.3 Å². The Morgan fingerprint density at radius 1 is 1.38 bits per heavy atom. The van der Waals surface area contributed by atoms with E-state index < -0.39 is 0 Å². The first kappa shape index (κ1) is 13.7. The highest BCUT2D eigenvalue weighted by Gasteiger charge is 2.20. The van der Waals surface area contributed by atoms with E-state index in [-0.39, 0.29) is 11.9 Å². The van der Waals surface area contributed by atoms with E-state index >= 15 is 0 Å². The number of benzene rings is 1. The summed E-state index contributed by atoms with van der Waals surface area (Å²) >= 11 is 0. The second kappa shape index (κ2) is 5.61. The van der Waals surface area contributed by atoms with Gasteiger partial charge in [-0.05, 0) is 12.1 Å². The van der Waals surface area contributed by atoms with Crippen molar-refractivity contribution in [2.45, 2.75) is 6.92 Å². The van der Waals surface area contributed by atoms with Crippen molar-refractivity contribution < 1.29 is 18.7 Å². The van der Waals surface area contributed by atoms with Crippen molar-refractivity contribution in [1.29, 1.82) is 0 Å². The largest absolute Gasteiger partial charge is 0.494 e. The molecular formula is C14H17N3O4. The number of amides is 1. The molecule has 1 aliphatic heterocycles. The highest BCUT2D eigenvalue weighted by atomic mass is 16.5. The third-order valence-electron chi connectivity index (χ3n) is 3.34. The van der Waals surface area contributed by atoms with Gasteiger partial charge in [-0.2, -0.15) is 4.98 Å². The molecule has 2 aromatic rings. The molecule has 1 aromatic heterocycles. The van der Waals surface area contributed by atoms with Crippen molar-refractivity contribution in [2.75, 3.05) is 43.6 Å². The van der Waals surface area contributed by atoms with Gasteiger partial charge in [0.15, 0.2) is 11.1 Å². The van der Waals surface area contributed by atoms with Crippen LogP contribution in [0.2, 0.25) is 0 Å². The molecule has 1 amide bonds. The highest BCUT2D eigenvalue weighted by molar-refractivity contribution is 5.94. The van der Waals surface area contributed by atoms with Gasteiger partial charge in [-0.3, -0.25) is 10.1 Å². The van der Waals surface area contributed by atoms with Gasteiger partial charge in [-0.25, -0.2) is 0 Å². The van der Waals surface area contributed by atoms with E-state index in [1.165, 1.54) is 6.92 Å². The van der Waals surface area contributed by atoms with E-state index in [9.17, 15) is 4.79 Å². The van der Waals surface area contributed by atoms with E-state index in [2.05, 4.69) is 15.2 Å². The molecule has 0 spiro atoms. The quantitative estimate of drug-likeness (QED) is 0.926. The van der Waals surface area contributed by atoms with Crippen LogP contribution in [0.4, 0.5) is 11.7 Å². The van der Waals surface area contributed by atoms with E-state index in [0.29, 0.717) is 30.1 Å². The van der Waals surface area contributed by atoms with Gasteiger partial charge < -0.3 is 18.8 Å². The Bertz CT molecular complexity index is 662. The van der Waals surface area contributed by atoms with Gasteiger partial charge in [0.2, 0.25) is 5.91 Å². The number of aromatic nitrogens is 1. The van der Waals surface area contributed by atoms with Gasteiger partial charge in [0.25, 0.3) is 0 Å². The van der Waals surface area contributed by atoms with Crippen molar-refractivity contribution in [3.8, 4) is 5.75 Å². The second-order valence-electron chi connectivity index (χ2n) is 4.76. The first-order valence-corrected chi connectivity index (χ1v) is 6.77. The molecule has 21 heavy (non-hydrogen) atoms. The minimum atomic E-state index is -0.228. The van der Waals surface area contributed by atoms with Gasteiger partial charge in [0.1, 0.15) is 5.75 Å². The summed E-state index contributed by atoms with van der Waals surface area (Å²) in [6.45, 7) is 4.35. The lowest BCUT2D eigenvalue weighted by Gasteiger charge is -2.28. The first-order chi connectivity index (χ1) is 10.2. The lowest BCUT2D eigenvalue weighted by molar-refractivity contribution is -0.114. The lowest BCUT2D eigenvalue weighted by Crippen LogP contribution is -2.36. The number of anilines is 2. The van der Waals surface area contributed by atoms with Crippen LogP contribution in [-0.2, 0) is 9.53 Å². The van der Waals surface area contributed by atoms with Crippen LogP contribution in [0, 0.1) is 0 Å². The molecule has 7 heteroatoms. The second-order valence-corrected chi connectivity index (χ2v) is 4.76. The Hall–Kier alpha value is -2.28. The fourth-order valence-corrected chi connectivity index (χ4v) is 2.39. The molecule has 7 nitrogen and oxygen atoms in total. The van der Waals surface area contributed by atoms with E-state index in [0.717, 1.165) is 18.8 Å². The molecule has 0 saturated carbocycles. The van der Waals surface area contributed by atoms with Crippen LogP contribution in [0.3, 0.4) is 0 Å². The SMILES string of the molecule is COc1ccc(N2CCOCC2)c2oc(NC(C)=O)nc12. The number of nitrogens with zero attached hydrogens (tertiary/aromatic N) is 2. The molecule has 2 heterocycles.